The predicted octanol–water partition coefficient (Wildman–Crippen LogP) is 5.15. The third kappa shape index (κ3) is 2.84. The Bertz CT molecular complexity index is 682. The predicted molar refractivity (Wildman–Crippen MR) is 80.2 cm³/mol. The lowest BCUT2D eigenvalue weighted by Crippen LogP contribution is -2.06. The molecule has 0 aliphatic carbocycles. The Morgan fingerprint density at radius 2 is 1.14 bits per heavy atom. The maximum Gasteiger partial charge on any atom is 0.130 e. The Balaban J connectivity index is 2.17. The summed E-state index contributed by atoms with van der Waals surface area (Å²) in [5, 5.41) is 0. The molecule has 0 saturated heterocycles. The normalized spacial score (nSPS) is 10.8. The van der Waals surface area contributed by atoms with Crippen LogP contribution >= 0.6 is 0 Å². The van der Waals surface area contributed by atoms with Crippen molar-refractivity contribution in [2.75, 3.05) is 0 Å². The van der Waals surface area contributed by atoms with Gasteiger partial charge < -0.3 is 0 Å². The summed E-state index contributed by atoms with van der Waals surface area (Å²) in [4.78, 5) is 0. The van der Waals surface area contributed by atoms with E-state index in [1.54, 1.807) is 0 Å². The zero-order valence-corrected chi connectivity index (χ0v) is 11.3. The topological polar surface area (TPSA) is 0 Å². The van der Waals surface area contributed by atoms with Gasteiger partial charge in [0.15, 0.2) is 0 Å². The van der Waals surface area contributed by atoms with E-state index in [0.29, 0.717) is 5.56 Å². The number of halogens is 2. The van der Waals surface area contributed by atoms with E-state index in [4.69, 9.17) is 0 Å². The average Bonchev–Trinajstić information content (AvgIpc) is 2.52. The summed E-state index contributed by atoms with van der Waals surface area (Å²) in [5.41, 5.74) is 2.44. The first-order valence-corrected chi connectivity index (χ1v) is 6.80. The van der Waals surface area contributed by atoms with Crippen molar-refractivity contribution in [2.24, 2.45) is 0 Å². The van der Waals surface area contributed by atoms with Crippen LogP contribution in [0.2, 0.25) is 0 Å². The quantitative estimate of drug-likeness (QED) is 0.582. The second kappa shape index (κ2) is 5.88. The molecule has 3 aromatic carbocycles. The van der Waals surface area contributed by atoms with Crippen LogP contribution in [0.25, 0.3) is 0 Å². The number of rotatable bonds is 3. The SMILES string of the molecule is Fc1ccc(C(c2ccccc2)c2ccccc2)c(F)c1. The van der Waals surface area contributed by atoms with Crippen LogP contribution in [0, 0.1) is 11.6 Å². The molecule has 0 atom stereocenters. The molecule has 2 heteroatoms. The second-order valence-corrected chi connectivity index (χ2v) is 4.92. The van der Waals surface area contributed by atoms with E-state index in [2.05, 4.69) is 0 Å². The standard InChI is InChI=1S/C19H14F2/c20-16-11-12-17(18(21)13-16)19(14-7-3-1-4-8-14)15-9-5-2-6-10-15/h1-13,19H. The van der Waals surface area contributed by atoms with Gasteiger partial charge in [0.25, 0.3) is 0 Å². The Labute approximate surface area is 122 Å². The molecule has 0 saturated carbocycles. The molecule has 3 rings (SSSR count). The summed E-state index contributed by atoms with van der Waals surface area (Å²) in [6.07, 6.45) is 0. The van der Waals surface area contributed by atoms with Crippen molar-refractivity contribution in [2.45, 2.75) is 5.92 Å². The molecular formula is C19H14F2. The van der Waals surface area contributed by atoms with Crippen LogP contribution in [0.1, 0.15) is 22.6 Å². The lowest BCUT2D eigenvalue weighted by molar-refractivity contribution is 0.570. The first kappa shape index (κ1) is 13.5. The van der Waals surface area contributed by atoms with Crippen molar-refractivity contribution in [1.29, 1.82) is 0 Å². The van der Waals surface area contributed by atoms with Gasteiger partial charge in [-0.3, -0.25) is 0 Å². The molecular weight excluding hydrogens is 266 g/mol. The fourth-order valence-corrected chi connectivity index (χ4v) is 2.58. The van der Waals surface area contributed by atoms with E-state index in [1.807, 2.05) is 60.7 Å². The van der Waals surface area contributed by atoms with Crippen LogP contribution in [-0.4, -0.2) is 0 Å². The van der Waals surface area contributed by atoms with Crippen LogP contribution in [0.3, 0.4) is 0 Å². The van der Waals surface area contributed by atoms with Gasteiger partial charge in [-0.15, -0.1) is 0 Å². The number of hydrogen-bond acceptors (Lipinski definition) is 0. The summed E-state index contributed by atoms with van der Waals surface area (Å²) in [6.45, 7) is 0. The van der Waals surface area contributed by atoms with E-state index >= 15 is 0 Å². The van der Waals surface area contributed by atoms with Crippen molar-refractivity contribution < 1.29 is 8.78 Å². The summed E-state index contributed by atoms with van der Waals surface area (Å²) in [6, 6.07) is 23.1. The van der Waals surface area contributed by atoms with Crippen LogP contribution < -0.4 is 0 Å². The summed E-state index contributed by atoms with van der Waals surface area (Å²) in [5.74, 6) is -1.32. The Kier molecular flexibility index (Phi) is 3.78. The van der Waals surface area contributed by atoms with Crippen molar-refractivity contribution in [3.05, 3.63) is 107 Å². The van der Waals surface area contributed by atoms with Gasteiger partial charge in [-0.05, 0) is 22.8 Å². The zero-order chi connectivity index (χ0) is 14.7. The fraction of sp³-hybridized carbons (Fsp3) is 0.0526. The van der Waals surface area contributed by atoms with Crippen molar-refractivity contribution in [1.82, 2.24) is 0 Å². The second-order valence-electron chi connectivity index (χ2n) is 4.92. The molecule has 0 heterocycles. The highest BCUT2D eigenvalue weighted by Gasteiger charge is 2.20. The molecule has 0 spiro atoms. The zero-order valence-electron chi connectivity index (χ0n) is 11.3. The highest BCUT2D eigenvalue weighted by molar-refractivity contribution is 5.43. The summed E-state index contributed by atoms with van der Waals surface area (Å²) >= 11 is 0. The maximum atomic E-state index is 14.2. The molecule has 3 aromatic rings. The number of benzene rings is 3. The van der Waals surface area contributed by atoms with E-state index in [-0.39, 0.29) is 5.92 Å². The fourth-order valence-electron chi connectivity index (χ4n) is 2.58. The van der Waals surface area contributed by atoms with Gasteiger partial charge in [0, 0.05) is 12.0 Å². The molecule has 0 N–H and O–H groups in total. The molecule has 0 fully saturated rings. The van der Waals surface area contributed by atoms with E-state index in [0.717, 1.165) is 17.2 Å². The average molecular weight is 280 g/mol. The molecule has 0 aliphatic heterocycles. The third-order valence-corrected chi connectivity index (χ3v) is 3.54. The molecule has 0 aromatic heterocycles. The number of hydrogen-bond donors (Lipinski definition) is 0. The van der Waals surface area contributed by atoms with Gasteiger partial charge >= 0.3 is 0 Å². The molecule has 0 radical (unpaired) electrons. The molecule has 0 aliphatic rings. The van der Waals surface area contributed by atoms with Crippen LogP contribution in [0.4, 0.5) is 8.78 Å². The first-order valence-electron chi connectivity index (χ1n) is 6.80. The molecule has 0 nitrogen and oxygen atoms in total. The maximum absolute atomic E-state index is 14.2. The Hall–Kier alpha value is -2.48. The Morgan fingerprint density at radius 3 is 1.62 bits per heavy atom. The van der Waals surface area contributed by atoms with Crippen molar-refractivity contribution >= 4 is 0 Å². The molecule has 104 valence electrons. The third-order valence-electron chi connectivity index (χ3n) is 3.54. The van der Waals surface area contributed by atoms with Gasteiger partial charge in [0.2, 0.25) is 0 Å². The largest absolute Gasteiger partial charge is 0.207 e. The summed E-state index contributed by atoms with van der Waals surface area (Å²) in [7, 11) is 0. The van der Waals surface area contributed by atoms with Gasteiger partial charge in [-0.2, -0.15) is 0 Å². The van der Waals surface area contributed by atoms with Crippen LogP contribution in [0.15, 0.2) is 78.9 Å². The highest BCUT2D eigenvalue weighted by atomic mass is 19.1. The minimum absolute atomic E-state index is 0.243. The minimum atomic E-state index is -0.559. The minimum Gasteiger partial charge on any atom is -0.207 e. The van der Waals surface area contributed by atoms with Gasteiger partial charge in [-0.25, -0.2) is 8.78 Å². The smallest absolute Gasteiger partial charge is 0.130 e. The molecule has 0 amide bonds. The lowest BCUT2D eigenvalue weighted by atomic mass is 9.85. The highest BCUT2D eigenvalue weighted by Crippen LogP contribution is 2.33. The van der Waals surface area contributed by atoms with Gasteiger partial charge in [-0.1, -0.05) is 66.7 Å². The van der Waals surface area contributed by atoms with Crippen LogP contribution in [0.5, 0.6) is 0 Å². The van der Waals surface area contributed by atoms with Crippen molar-refractivity contribution in [3.8, 4) is 0 Å². The molecule has 0 unspecified atom stereocenters. The lowest BCUT2D eigenvalue weighted by Gasteiger charge is -2.19. The molecule has 21 heavy (non-hydrogen) atoms. The Morgan fingerprint density at radius 1 is 0.619 bits per heavy atom. The molecule has 0 bridgehead atoms. The summed E-state index contributed by atoms with van der Waals surface area (Å²) < 4.78 is 27.4. The van der Waals surface area contributed by atoms with E-state index < -0.39 is 11.6 Å². The van der Waals surface area contributed by atoms with Gasteiger partial charge in [0.05, 0.1) is 0 Å². The van der Waals surface area contributed by atoms with E-state index in [9.17, 15) is 8.78 Å². The van der Waals surface area contributed by atoms with Crippen LogP contribution in [-0.2, 0) is 0 Å². The van der Waals surface area contributed by atoms with Crippen molar-refractivity contribution in [3.63, 3.8) is 0 Å². The van der Waals surface area contributed by atoms with E-state index in [1.165, 1.54) is 12.1 Å². The monoisotopic (exact) mass is 280 g/mol. The first-order chi connectivity index (χ1) is 10.3. The van der Waals surface area contributed by atoms with Gasteiger partial charge in [0.1, 0.15) is 11.6 Å².